The van der Waals surface area contributed by atoms with Crippen LogP contribution in [0.1, 0.15) is 35.3 Å². The Morgan fingerprint density at radius 1 is 1.56 bits per heavy atom. The van der Waals surface area contributed by atoms with Crippen LogP contribution in [0.4, 0.5) is 4.39 Å². The number of hydrogen-bond donors (Lipinski definition) is 1. The van der Waals surface area contributed by atoms with Crippen molar-refractivity contribution in [3.63, 3.8) is 0 Å². The van der Waals surface area contributed by atoms with Crippen LogP contribution in [0.25, 0.3) is 0 Å². The van der Waals surface area contributed by atoms with Crippen LogP contribution in [-0.4, -0.2) is 22.7 Å². The molecule has 2 rings (SSSR count). The van der Waals surface area contributed by atoms with Crippen molar-refractivity contribution >= 4 is 5.91 Å². The van der Waals surface area contributed by atoms with E-state index in [0.717, 1.165) is 12.0 Å². The van der Waals surface area contributed by atoms with E-state index in [1.165, 1.54) is 0 Å². The molecule has 0 bridgehead atoms. The maximum Gasteiger partial charge on any atom is 0.268 e. The first-order valence-electron chi connectivity index (χ1n) is 5.65. The van der Waals surface area contributed by atoms with Gasteiger partial charge in [-0.1, -0.05) is 0 Å². The van der Waals surface area contributed by atoms with E-state index in [2.05, 4.69) is 5.32 Å². The molecule has 3 nitrogen and oxygen atoms in total. The van der Waals surface area contributed by atoms with Crippen molar-refractivity contribution in [3.8, 4) is 0 Å². The lowest BCUT2D eigenvalue weighted by Gasteiger charge is -2.13. The summed E-state index contributed by atoms with van der Waals surface area (Å²) in [6.45, 7) is 1.90. The summed E-state index contributed by atoms with van der Waals surface area (Å²) in [5, 5.41) is 2.89. The topological polar surface area (TPSA) is 34.0 Å². The zero-order valence-corrected chi connectivity index (χ0v) is 9.66. The number of aromatic nitrogens is 1. The summed E-state index contributed by atoms with van der Waals surface area (Å²) in [7, 11) is 1.84. The van der Waals surface area contributed by atoms with Gasteiger partial charge >= 0.3 is 0 Å². The summed E-state index contributed by atoms with van der Waals surface area (Å²) in [4.78, 5) is 12.0. The van der Waals surface area contributed by atoms with Crippen molar-refractivity contribution in [1.82, 2.24) is 9.88 Å². The first kappa shape index (κ1) is 11.2. The molecule has 1 aliphatic carbocycles. The minimum Gasteiger partial charge on any atom is -0.348 e. The molecule has 0 aromatic carbocycles. The Morgan fingerprint density at radius 3 is 2.81 bits per heavy atom. The second-order valence-electron chi connectivity index (χ2n) is 4.54. The molecule has 88 valence electrons. The fraction of sp³-hybridized carbons (Fsp3) is 0.583. The average molecular weight is 224 g/mol. The number of alkyl halides is 1. The van der Waals surface area contributed by atoms with Crippen molar-refractivity contribution in [2.45, 2.75) is 38.4 Å². The molecule has 0 saturated heterocycles. The highest BCUT2D eigenvalue weighted by Crippen LogP contribution is 2.22. The summed E-state index contributed by atoms with van der Waals surface area (Å²) < 4.78 is 14.8. The second kappa shape index (κ2) is 4.28. The molecule has 1 amide bonds. The number of nitrogens with one attached hydrogen (secondary N) is 1. The third kappa shape index (κ3) is 2.10. The van der Waals surface area contributed by atoms with Gasteiger partial charge in [0.1, 0.15) is 11.9 Å². The molecule has 2 atom stereocenters. The maximum absolute atomic E-state index is 13.0. The Balaban J connectivity index is 2.03. The van der Waals surface area contributed by atoms with Crippen LogP contribution >= 0.6 is 0 Å². The summed E-state index contributed by atoms with van der Waals surface area (Å²) in [6, 6.07) is 1.90. The van der Waals surface area contributed by atoms with E-state index >= 15 is 0 Å². The van der Waals surface area contributed by atoms with E-state index in [-0.39, 0.29) is 11.9 Å². The first-order valence-corrected chi connectivity index (χ1v) is 5.65. The molecule has 1 fully saturated rings. The predicted molar refractivity (Wildman–Crippen MR) is 60.2 cm³/mol. The third-order valence-electron chi connectivity index (χ3n) is 3.19. The maximum atomic E-state index is 13.0. The Kier molecular flexibility index (Phi) is 2.99. The van der Waals surface area contributed by atoms with Gasteiger partial charge in [0.05, 0.1) is 0 Å². The van der Waals surface area contributed by atoms with Gasteiger partial charge in [0.15, 0.2) is 0 Å². The predicted octanol–water partition coefficient (Wildman–Crippen LogP) is 1.95. The zero-order valence-electron chi connectivity index (χ0n) is 9.66. The first-order chi connectivity index (χ1) is 7.58. The van der Waals surface area contributed by atoms with Gasteiger partial charge in [-0.25, -0.2) is 4.39 Å². The highest BCUT2D eigenvalue weighted by molar-refractivity contribution is 5.94. The van der Waals surface area contributed by atoms with Crippen molar-refractivity contribution in [2.24, 2.45) is 7.05 Å². The molecule has 4 heteroatoms. The molecule has 1 heterocycles. The molecular weight excluding hydrogens is 207 g/mol. The van der Waals surface area contributed by atoms with E-state index < -0.39 is 6.17 Å². The van der Waals surface area contributed by atoms with Crippen molar-refractivity contribution in [2.75, 3.05) is 0 Å². The third-order valence-corrected chi connectivity index (χ3v) is 3.19. The van der Waals surface area contributed by atoms with Crippen molar-refractivity contribution in [1.29, 1.82) is 0 Å². The molecule has 1 aromatic rings. The minimum atomic E-state index is -0.750. The molecule has 1 N–H and O–H groups in total. The van der Waals surface area contributed by atoms with Gasteiger partial charge in [0, 0.05) is 19.3 Å². The van der Waals surface area contributed by atoms with Crippen molar-refractivity contribution in [3.05, 3.63) is 23.5 Å². The number of halogens is 1. The quantitative estimate of drug-likeness (QED) is 0.818. The van der Waals surface area contributed by atoms with Gasteiger partial charge in [-0.05, 0) is 37.8 Å². The second-order valence-corrected chi connectivity index (χ2v) is 4.54. The standard InChI is InChI=1S/C12H17FN2O/c1-8-5-6-15(2)11(8)12(16)14-10-4-3-9(13)7-10/h5-6,9-10H,3-4,7H2,1-2H3,(H,14,16)/t9-,10-/m1/s1. The highest BCUT2D eigenvalue weighted by atomic mass is 19.1. The number of nitrogens with zero attached hydrogens (tertiary/aromatic N) is 1. The van der Waals surface area contributed by atoms with Crippen molar-refractivity contribution < 1.29 is 9.18 Å². The van der Waals surface area contributed by atoms with Crippen LogP contribution < -0.4 is 5.32 Å². The van der Waals surface area contributed by atoms with E-state index in [0.29, 0.717) is 18.5 Å². The van der Waals surface area contributed by atoms with Gasteiger partial charge < -0.3 is 9.88 Å². The number of rotatable bonds is 2. The lowest BCUT2D eigenvalue weighted by Crippen LogP contribution is -2.34. The number of carbonyl (C=O) groups excluding carboxylic acids is 1. The van der Waals surface area contributed by atoms with E-state index in [1.807, 2.05) is 26.2 Å². The Labute approximate surface area is 94.6 Å². The molecule has 0 aliphatic heterocycles. The number of aryl methyl sites for hydroxylation is 2. The number of hydrogen-bond acceptors (Lipinski definition) is 1. The van der Waals surface area contributed by atoms with Crippen LogP contribution in [0.3, 0.4) is 0 Å². The normalized spacial score (nSPS) is 24.7. The monoisotopic (exact) mass is 224 g/mol. The summed E-state index contributed by atoms with van der Waals surface area (Å²) in [5.74, 6) is -0.0934. The average Bonchev–Trinajstić information content (AvgIpc) is 2.74. The Hall–Kier alpha value is -1.32. The number of amides is 1. The lowest BCUT2D eigenvalue weighted by molar-refractivity contribution is 0.0928. The Bertz CT molecular complexity index is 380. The van der Waals surface area contributed by atoms with Gasteiger partial charge in [-0.15, -0.1) is 0 Å². The molecule has 0 unspecified atom stereocenters. The molecule has 16 heavy (non-hydrogen) atoms. The summed E-state index contributed by atoms with van der Waals surface area (Å²) >= 11 is 0. The van der Waals surface area contributed by atoms with E-state index in [4.69, 9.17) is 0 Å². The fourth-order valence-electron chi connectivity index (χ4n) is 2.31. The van der Waals surface area contributed by atoms with Crippen LogP contribution in [0.15, 0.2) is 12.3 Å². The smallest absolute Gasteiger partial charge is 0.268 e. The molecule has 0 spiro atoms. The van der Waals surface area contributed by atoms with Crippen LogP contribution in [0, 0.1) is 6.92 Å². The molecule has 0 radical (unpaired) electrons. The molecule has 1 aromatic heterocycles. The van der Waals surface area contributed by atoms with Crippen LogP contribution in [0.2, 0.25) is 0 Å². The summed E-state index contributed by atoms with van der Waals surface area (Å²) in [5.41, 5.74) is 1.62. The minimum absolute atomic E-state index is 0.00296. The zero-order chi connectivity index (χ0) is 11.7. The molecule has 1 aliphatic rings. The SMILES string of the molecule is Cc1ccn(C)c1C(=O)N[C@@H]1CC[C@@H](F)C1. The van der Waals surface area contributed by atoms with Gasteiger partial charge in [-0.3, -0.25) is 4.79 Å². The fourth-order valence-corrected chi connectivity index (χ4v) is 2.31. The van der Waals surface area contributed by atoms with E-state index in [1.54, 1.807) is 4.57 Å². The van der Waals surface area contributed by atoms with Crippen LogP contribution in [-0.2, 0) is 7.05 Å². The van der Waals surface area contributed by atoms with Gasteiger partial charge in [0.2, 0.25) is 0 Å². The molecular formula is C12H17FN2O. The largest absolute Gasteiger partial charge is 0.348 e. The summed E-state index contributed by atoms with van der Waals surface area (Å²) in [6.07, 6.45) is 2.87. The van der Waals surface area contributed by atoms with Crippen LogP contribution in [0.5, 0.6) is 0 Å². The lowest BCUT2D eigenvalue weighted by atomic mass is 10.2. The molecule has 1 saturated carbocycles. The number of carbonyl (C=O) groups is 1. The Morgan fingerprint density at radius 2 is 2.31 bits per heavy atom. The van der Waals surface area contributed by atoms with E-state index in [9.17, 15) is 9.18 Å². The van der Waals surface area contributed by atoms with Gasteiger partial charge in [0.25, 0.3) is 5.91 Å². The highest BCUT2D eigenvalue weighted by Gasteiger charge is 2.26. The van der Waals surface area contributed by atoms with Gasteiger partial charge in [-0.2, -0.15) is 0 Å².